The first-order valence-electron chi connectivity index (χ1n) is 9.57. The van der Waals surface area contributed by atoms with Gasteiger partial charge in [0.05, 0.1) is 12.6 Å². The van der Waals surface area contributed by atoms with Crippen molar-refractivity contribution in [1.82, 2.24) is 9.47 Å². The van der Waals surface area contributed by atoms with Crippen LogP contribution >= 0.6 is 0 Å². The van der Waals surface area contributed by atoms with Gasteiger partial charge in [-0.3, -0.25) is 4.90 Å². The van der Waals surface area contributed by atoms with Crippen LogP contribution in [0.4, 0.5) is 0 Å². The van der Waals surface area contributed by atoms with Crippen molar-refractivity contribution in [3.05, 3.63) is 89.2 Å². The van der Waals surface area contributed by atoms with Crippen LogP contribution in [0, 0.1) is 0 Å². The Morgan fingerprint density at radius 1 is 0.962 bits per heavy atom. The summed E-state index contributed by atoms with van der Waals surface area (Å²) in [4.78, 5) is 2.63. The van der Waals surface area contributed by atoms with Crippen LogP contribution in [0.1, 0.15) is 28.4 Å². The van der Waals surface area contributed by atoms with Crippen molar-refractivity contribution in [2.24, 2.45) is 0 Å². The summed E-state index contributed by atoms with van der Waals surface area (Å²) in [6.07, 6.45) is 4.34. The Bertz CT molecular complexity index is 900. The van der Waals surface area contributed by atoms with Gasteiger partial charge in [0.1, 0.15) is 5.75 Å². The van der Waals surface area contributed by atoms with Crippen molar-refractivity contribution in [3.8, 4) is 5.75 Å². The first-order chi connectivity index (χ1) is 12.9. The highest BCUT2D eigenvalue weighted by atomic mass is 16.5. The third-order valence-electron chi connectivity index (χ3n) is 5.69. The molecule has 0 fully saturated rings. The highest BCUT2D eigenvalue weighted by Crippen LogP contribution is 2.32. The van der Waals surface area contributed by atoms with Gasteiger partial charge in [-0.05, 0) is 41.3 Å². The van der Waals surface area contributed by atoms with E-state index in [0.29, 0.717) is 6.04 Å². The van der Waals surface area contributed by atoms with Gasteiger partial charge in [0, 0.05) is 37.9 Å². The van der Waals surface area contributed by atoms with Crippen molar-refractivity contribution < 1.29 is 4.74 Å². The van der Waals surface area contributed by atoms with Crippen LogP contribution in [0.2, 0.25) is 0 Å². The number of aromatic nitrogens is 1. The molecule has 1 unspecified atom stereocenters. The van der Waals surface area contributed by atoms with Crippen molar-refractivity contribution in [3.63, 3.8) is 0 Å². The molecule has 1 aromatic heterocycles. The van der Waals surface area contributed by atoms with Gasteiger partial charge in [-0.25, -0.2) is 0 Å². The van der Waals surface area contributed by atoms with E-state index in [4.69, 9.17) is 4.74 Å². The van der Waals surface area contributed by atoms with Gasteiger partial charge >= 0.3 is 0 Å². The molecule has 2 aromatic carbocycles. The van der Waals surface area contributed by atoms with Crippen LogP contribution in [0.15, 0.2) is 66.9 Å². The molecule has 3 heteroatoms. The van der Waals surface area contributed by atoms with E-state index >= 15 is 0 Å². The summed E-state index contributed by atoms with van der Waals surface area (Å²) in [6.45, 7) is 4.07. The highest BCUT2D eigenvalue weighted by Gasteiger charge is 2.28. The Morgan fingerprint density at radius 3 is 2.81 bits per heavy atom. The van der Waals surface area contributed by atoms with Gasteiger partial charge in [0.2, 0.25) is 0 Å². The second-order valence-corrected chi connectivity index (χ2v) is 7.27. The lowest BCUT2D eigenvalue weighted by Crippen LogP contribution is -2.39. The van der Waals surface area contributed by atoms with Gasteiger partial charge in [-0.15, -0.1) is 0 Å². The molecule has 0 spiro atoms. The van der Waals surface area contributed by atoms with Crippen molar-refractivity contribution in [1.29, 1.82) is 0 Å². The van der Waals surface area contributed by atoms with E-state index in [0.717, 1.165) is 44.8 Å². The van der Waals surface area contributed by atoms with Gasteiger partial charge in [-0.1, -0.05) is 42.5 Å². The van der Waals surface area contributed by atoms with Crippen molar-refractivity contribution in [2.75, 3.05) is 19.7 Å². The standard InChI is InChI=1S/C23H24N2O/c1-2-5-19(6-3-1)23-21-7-4-12-24(21)14-15-25(23)13-10-18-8-9-22-20(17-18)11-16-26-22/h1-9,12,17,23H,10-11,13-16H2. The summed E-state index contributed by atoms with van der Waals surface area (Å²) in [5, 5.41) is 0. The monoisotopic (exact) mass is 344 g/mol. The van der Waals surface area contributed by atoms with E-state index in [1.165, 1.54) is 22.4 Å². The molecule has 1 atom stereocenters. The minimum absolute atomic E-state index is 0.345. The van der Waals surface area contributed by atoms with E-state index in [1.54, 1.807) is 0 Å². The lowest BCUT2D eigenvalue weighted by atomic mass is 9.99. The molecule has 0 saturated heterocycles. The van der Waals surface area contributed by atoms with E-state index in [9.17, 15) is 0 Å². The molecule has 26 heavy (non-hydrogen) atoms. The molecule has 0 amide bonds. The van der Waals surface area contributed by atoms with Crippen molar-refractivity contribution >= 4 is 0 Å². The lowest BCUT2D eigenvalue weighted by molar-refractivity contribution is 0.185. The van der Waals surface area contributed by atoms with E-state index in [2.05, 4.69) is 76.3 Å². The maximum absolute atomic E-state index is 5.64. The number of hydrogen-bond donors (Lipinski definition) is 0. The molecule has 3 heterocycles. The second-order valence-electron chi connectivity index (χ2n) is 7.27. The topological polar surface area (TPSA) is 17.4 Å². The summed E-state index contributed by atoms with van der Waals surface area (Å²) < 4.78 is 8.04. The molecular formula is C23H24N2O. The number of benzene rings is 2. The summed E-state index contributed by atoms with van der Waals surface area (Å²) in [6, 6.07) is 22.4. The minimum Gasteiger partial charge on any atom is -0.493 e. The molecule has 2 aliphatic rings. The van der Waals surface area contributed by atoms with Gasteiger partial charge in [0.25, 0.3) is 0 Å². The zero-order valence-electron chi connectivity index (χ0n) is 15.0. The van der Waals surface area contributed by atoms with Crippen LogP contribution in [0.5, 0.6) is 5.75 Å². The minimum atomic E-state index is 0.345. The van der Waals surface area contributed by atoms with E-state index < -0.39 is 0 Å². The summed E-state index contributed by atoms with van der Waals surface area (Å²) in [7, 11) is 0. The van der Waals surface area contributed by atoms with Crippen molar-refractivity contribution in [2.45, 2.75) is 25.4 Å². The zero-order valence-corrected chi connectivity index (χ0v) is 15.0. The number of rotatable bonds is 4. The Kier molecular flexibility index (Phi) is 4.02. The Hall–Kier alpha value is -2.52. The number of fused-ring (bicyclic) bond motifs is 2. The average Bonchev–Trinajstić information content (AvgIpc) is 3.35. The normalized spacial score (nSPS) is 19.0. The van der Waals surface area contributed by atoms with Gasteiger partial charge < -0.3 is 9.30 Å². The van der Waals surface area contributed by atoms with E-state index in [1.807, 2.05) is 0 Å². The molecule has 0 bridgehead atoms. The number of hydrogen-bond acceptors (Lipinski definition) is 2. The number of ether oxygens (including phenoxy) is 1. The summed E-state index contributed by atoms with van der Waals surface area (Å²) >= 11 is 0. The molecule has 0 aliphatic carbocycles. The van der Waals surface area contributed by atoms with Gasteiger partial charge in [0.15, 0.2) is 0 Å². The lowest BCUT2D eigenvalue weighted by Gasteiger charge is -2.37. The number of nitrogens with zero attached hydrogens (tertiary/aromatic N) is 2. The molecule has 3 aromatic rings. The predicted octanol–water partition coefficient (Wildman–Crippen LogP) is 4.07. The van der Waals surface area contributed by atoms with Crippen LogP contribution in [0.3, 0.4) is 0 Å². The third kappa shape index (κ3) is 2.82. The zero-order chi connectivity index (χ0) is 17.3. The van der Waals surface area contributed by atoms with Gasteiger partial charge in [-0.2, -0.15) is 0 Å². The maximum atomic E-state index is 5.64. The molecule has 3 nitrogen and oxygen atoms in total. The predicted molar refractivity (Wildman–Crippen MR) is 104 cm³/mol. The van der Waals surface area contributed by atoms with E-state index in [-0.39, 0.29) is 0 Å². The SMILES string of the molecule is c1ccc(C2c3cccn3CCN2CCc2ccc3c(c2)CCO3)cc1. The fraction of sp³-hybridized carbons (Fsp3) is 0.304. The second kappa shape index (κ2) is 6.65. The summed E-state index contributed by atoms with van der Waals surface area (Å²) in [5.41, 5.74) is 5.58. The van der Waals surface area contributed by atoms with Crippen LogP contribution in [0.25, 0.3) is 0 Å². The largest absolute Gasteiger partial charge is 0.493 e. The molecule has 132 valence electrons. The van der Waals surface area contributed by atoms with Crippen LogP contribution in [-0.2, 0) is 19.4 Å². The average molecular weight is 344 g/mol. The molecule has 2 aliphatic heterocycles. The molecule has 0 N–H and O–H groups in total. The maximum Gasteiger partial charge on any atom is 0.122 e. The molecule has 0 saturated carbocycles. The van der Waals surface area contributed by atoms with Crippen LogP contribution in [-0.4, -0.2) is 29.2 Å². The summed E-state index contributed by atoms with van der Waals surface area (Å²) in [5.74, 6) is 1.08. The Labute approximate surface area is 154 Å². The fourth-order valence-electron chi connectivity index (χ4n) is 4.36. The smallest absolute Gasteiger partial charge is 0.122 e. The highest BCUT2D eigenvalue weighted by molar-refractivity contribution is 5.40. The quantitative estimate of drug-likeness (QED) is 0.710. The molecular weight excluding hydrogens is 320 g/mol. The van der Waals surface area contributed by atoms with Crippen LogP contribution < -0.4 is 4.74 Å². The first kappa shape index (κ1) is 15.7. The fourth-order valence-corrected chi connectivity index (χ4v) is 4.36. The molecule has 5 rings (SSSR count). The first-order valence-corrected chi connectivity index (χ1v) is 9.57. The Morgan fingerprint density at radius 2 is 1.88 bits per heavy atom. The molecule has 0 radical (unpaired) electrons. The Balaban J connectivity index is 1.39. The third-order valence-corrected chi connectivity index (χ3v) is 5.69.